The monoisotopic (exact) mass is 316 g/mol. The van der Waals surface area contributed by atoms with Crippen LogP contribution in [0.3, 0.4) is 0 Å². The summed E-state index contributed by atoms with van der Waals surface area (Å²) in [6, 6.07) is 7.16. The first kappa shape index (κ1) is 15.6. The van der Waals surface area contributed by atoms with Gasteiger partial charge in [0.25, 0.3) is 5.91 Å². The zero-order valence-corrected chi connectivity index (χ0v) is 13.2. The lowest BCUT2D eigenvalue weighted by Gasteiger charge is -2.35. The van der Waals surface area contributed by atoms with Crippen LogP contribution in [0.1, 0.15) is 18.4 Å². The predicted octanol–water partition coefficient (Wildman–Crippen LogP) is 1.58. The van der Waals surface area contributed by atoms with Crippen LogP contribution in [0.25, 0.3) is 0 Å². The maximum absolute atomic E-state index is 12.5. The third kappa shape index (κ3) is 3.57. The molecule has 1 saturated carbocycles. The summed E-state index contributed by atoms with van der Waals surface area (Å²) in [4.78, 5) is 14.3. The van der Waals surface area contributed by atoms with Crippen molar-refractivity contribution in [3.05, 3.63) is 23.8 Å². The Morgan fingerprint density at radius 2 is 2.30 bits per heavy atom. The lowest BCUT2D eigenvalue weighted by Crippen LogP contribution is -2.51. The fourth-order valence-electron chi connectivity index (χ4n) is 2.89. The molecule has 0 radical (unpaired) electrons. The van der Waals surface area contributed by atoms with Gasteiger partial charge < -0.3 is 19.1 Å². The SMILES string of the molecule is COc1cc(OCC(=O)N2CCOCC2C2CC2)ccc1C#N. The van der Waals surface area contributed by atoms with E-state index in [1.54, 1.807) is 18.2 Å². The highest BCUT2D eigenvalue weighted by molar-refractivity contribution is 5.78. The number of carbonyl (C=O) groups is 1. The molecule has 2 aliphatic rings. The maximum atomic E-state index is 12.5. The first-order chi connectivity index (χ1) is 11.2. The number of amides is 1. The average Bonchev–Trinajstić information content (AvgIpc) is 3.44. The van der Waals surface area contributed by atoms with Gasteiger partial charge in [-0.3, -0.25) is 4.79 Å². The highest BCUT2D eigenvalue weighted by Gasteiger charge is 2.39. The second-order valence-corrected chi connectivity index (χ2v) is 5.83. The molecule has 6 heteroatoms. The number of rotatable bonds is 5. The zero-order valence-electron chi connectivity index (χ0n) is 13.2. The fourth-order valence-corrected chi connectivity index (χ4v) is 2.89. The van der Waals surface area contributed by atoms with Crippen LogP contribution < -0.4 is 9.47 Å². The number of hydrogen-bond donors (Lipinski definition) is 0. The third-order valence-corrected chi connectivity index (χ3v) is 4.31. The average molecular weight is 316 g/mol. The number of carbonyl (C=O) groups excluding carboxylic acids is 1. The second-order valence-electron chi connectivity index (χ2n) is 5.83. The smallest absolute Gasteiger partial charge is 0.260 e. The van der Waals surface area contributed by atoms with E-state index in [1.807, 2.05) is 11.0 Å². The van der Waals surface area contributed by atoms with E-state index in [0.29, 0.717) is 42.7 Å². The van der Waals surface area contributed by atoms with Crippen molar-refractivity contribution in [3.63, 3.8) is 0 Å². The molecule has 1 saturated heterocycles. The van der Waals surface area contributed by atoms with Crippen LogP contribution in [0.4, 0.5) is 0 Å². The van der Waals surface area contributed by atoms with Crippen LogP contribution in [0.2, 0.25) is 0 Å². The molecule has 1 aromatic carbocycles. The molecule has 3 rings (SSSR count). The highest BCUT2D eigenvalue weighted by Crippen LogP contribution is 2.36. The summed E-state index contributed by atoms with van der Waals surface area (Å²) in [5.41, 5.74) is 0.438. The van der Waals surface area contributed by atoms with Gasteiger partial charge in [-0.2, -0.15) is 5.26 Å². The van der Waals surface area contributed by atoms with Crippen LogP contribution >= 0.6 is 0 Å². The minimum atomic E-state index is -0.0199. The van der Waals surface area contributed by atoms with Gasteiger partial charge in [-0.05, 0) is 30.9 Å². The maximum Gasteiger partial charge on any atom is 0.260 e. The molecule has 23 heavy (non-hydrogen) atoms. The molecule has 0 aromatic heterocycles. The zero-order chi connectivity index (χ0) is 16.2. The van der Waals surface area contributed by atoms with Gasteiger partial charge in [0.05, 0.1) is 31.9 Å². The largest absolute Gasteiger partial charge is 0.495 e. The number of methoxy groups -OCH3 is 1. The van der Waals surface area contributed by atoms with Gasteiger partial charge in [0.15, 0.2) is 6.61 Å². The molecule has 2 fully saturated rings. The minimum absolute atomic E-state index is 0.0156. The molecule has 1 unspecified atom stereocenters. The van der Waals surface area contributed by atoms with Gasteiger partial charge in [0.1, 0.15) is 17.6 Å². The molecule has 0 N–H and O–H groups in total. The Labute approximate surface area is 135 Å². The van der Waals surface area contributed by atoms with Crippen molar-refractivity contribution in [2.24, 2.45) is 5.92 Å². The van der Waals surface area contributed by atoms with E-state index in [-0.39, 0.29) is 18.6 Å². The Hall–Kier alpha value is -2.26. The minimum Gasteiger partial charge on any atom is -0.495 e. The molecule has 6 nitrogen and oxygen atoms in total. The Morgan fingerprint density at radius 3 is 3.00 bits per heavy atom. The van der Waals surface area contributed by atoms with E-state index in [4.69, 9.17) is 19.5 Å². The molecule has 1 heterocycles. The molecule has 1 aromatic rings. The second kappa shape index (κ2) is 6.88. The van der Waals surface area contributed by atoms with E-state index in [1.165, 1.54) is 20.0 Å². The topological polar surface area (TPSA) is 71.8 Å². The van der Waals surface area contributed by atoms with Crippen molar-refractivity contribution >= 4 is 5.91 Å². The van der Waals surface area contributed by atoms with Crippen molar-refractivity contribution < 1.29 is 19.0 Å². The number of nitriles is 1. The molecule has 0 spiro atoms. The van der Waals surface area contributed by atoms with Crippen molar-refractivity contribution in [1.82, 2.24) is 4.90 Å². The molecular weight excluding hydrogens is 296 g/mol. The van der Waals surface area contributed by atoms with Crippen LogP contribution in [0, 0.1) is 17.2 Å². The molecule has 1 atom stereocenters. The molecule has 1 aliphatic heterocycles. The fraction of sp³-hybridized carbons (Fsp3) is 0.529. The lowest BCUT2D eigenvalue weighted by atomic mass is 10.1. The Morgan fingerprint density at radius 1 is 1.48 bits per heavy atom. The number of morpholine rings is 1. The van der Waals surface area contributed by atoms with Gasteiger partial charge in [0, 0.05) is 12.6 Å². The predicted molar refractivity (Wildman–Crippen MR) is 82.2 cm³/mol. The summed E-state index contributed by atoms with van der Waals surface area (Å²) < 4.78 is 16.2. The number of benzene rings is 1. The van der Waals surface area contributed by atoms with Gasteiger partial charge in [-0.15, -0.1) is 0 Å². The summed E-state index contributed by atoms with van der Waals surface area (Å²) in [7, 11) is 1.50. The Balaban J connectivity index is 1.61. The summed E-state index contributed by atoms with van der Waals surface area (Å²) >= 11 is 0. The highest BCUT2D eigenvalue weighted by atomic mass is 16.5. The van der Waals surface area contributed by atoms with E-state index < -0.39 is 0 Å². The third-order valence-electron chi connectivity index (χ3n) is 4.31. The lowest BCUT2D eigenvalue weighted by molar-refractivity contribution is -0.142. The molecule has 1 amide bonds. The van der Waals surface area contributed by atoms with Gasteiger partial charge in [-0.25, -0.2) is 0 Å². The van der Waals surface area contributed by atoms with Gasteiger partial charge in [0.2, 0.25) is 0 Å². The quantitative estimate of drug-likeness (QED) is 0.825. The molecular formula is C17H20N2O4. The molecule has 122 valence electrons. The van der Waals surface area contributed by atoms with E-state index >= 15 is 0 Å². The van der Waals surface area contributed by atoms with Crippen molar-refractivity contribution in [2.45, 2.75) is 18.9 Å². The van der Waals surface area contributed by atoms with Gasteiger partial charge in [-0.1, -0.05) is 0 Å². The first-order valence-electron chi connectivity index (χ1n) is 7.81. The Bertz CT molecular complexity index is 622. The Kier molecular flexibility index (Phi) is 4.68. The molecule has 0 bridgehead atoms. The number of nitrogens with zero attached hydrogens (tertiary/aromatic N) is 2. The number of ether oxygens (including phenoxy) is 3. The summed E-state index contributed by atoms with van der Waals surface area (Å²) in [6.07, 6.45) is 2.34. The summed E-state index contributed by atoms with van der Waals surface area (Å²) in [6.45, 7) is 1.82. The molecule has 1 aliphatic carbocycles. The van der Waals surface area contributed by atoms with Crippen LogP contribution in [0.5, 0.6) is 11.5 Å². The van der Waals surface area contributed by atoms with Crippen LogP contribution in [-0.2, 0) is 9.53 Å². The number of hydrogen-bond acceptors (Lipinski definition) is 5. The van der Waals surface area contributed by atoms with Crippen LogP contribution in [0.15, 0.2) is 18.2 Å². The van der Waals surface area contributed by atoms with E-state index in [2.05, 4.69) is 0 Å². The van der Waals surface area contributed by atoms with Crippen molar-refractivity contribution in [3.8, 4) is 17.6 Å². The van der Waals surface area contributed by atoms with Gasteiger partial charge >= 0.3 is 0 Å². The van der Waals surface area contributed by atoms with Crippen molar-refractivity contribution in [1.29, 1.82) is 5.26 Å². The normalized spacial score (nSPS) is 20.7. The van der Waals surface area contributed by atoms with E-state index in [9.17, 15) is 4.79 Å². The summed E-state index contributed by atoms with van der Waals surface area (Å²) in [5, 5.41) is 8.97. The van der Waals surface area contributed by atoms with Crippen LogP contribution in [-0.4, -0.2) is 50.3 Å². The first-order valence-corrected chi connectivity index (χ1v) is 7.81. The van der Waals surface area contributed by atoms with E-state index in [0.717, 1.165) is 0 Å². The van der Waals surface area contributed by atoms with Crippen molar-refractivity contribution in [2.75, 3.05) is 33.5 Å². The standard InChI is InChI=1S/C17H20N2O4/c1-21-16-8-14(5-4-13(16)9-18)23-11-17(20)19-6-7-22-10-15(19)12-2-3-12/h4-5,8,12,15H,2-3,6-7,10-11H2,1H3. The summed E-state index contributed by atoms with van der Waals surface area (Å²) in [5.74, 6) is 1.52.